The summed E-state index contributed by atoms with van der Waals surface area (Å²) in [4.78, 5) is 3.94. The van der Waals surface area contributed by atoms with Gasteiger partial charge in [-0.2, -0.15) is 28.6 Å². The highest BCUT2D eigenvalue weighted by atomic mass is 19.4. The van der Waals surface area contributed by atoms with E-state index >= 15 is 0 Å². The lowest BCUT2D eigenvalue weighted by molar-refractivity contribution is -0.137. The van der Waals surface area contributed by atoms with Crippen molar-refractivity contribution in [2.24, 2.45) is 4.99 Å². The van der Waals surface area contributed by atoms with Gasteiger partial charge in [-0.25, -0.2) is 0 Å². The molecule has 5 nitrogen and oxygen atoms in total. The third-order valence-electron chi connectivity index (χ3n) is 3.86. The number of hydrogen-bond donors (Lipinski definition) is 1. The molecule has 0 radical (unpaired) electrons. The zero-order valence-corrected chi connectivity index (χ0v) is 14.5. The Hall–Kier alpha value is -3.16. The van der Waals surface area contributed by atoms with Crippen LogP contribution in [0, 0.1) is 0 Å². The van der Waals surface area contributed by atoms with Crippen molar-refractivity contribution in [3.8, 4) is 5.75 Å². The zero-order chi connectivity index (χ0) is 19.3. The van der Waals surface area contributed by atoms with Gasteiger partial charge < -0.3 is 4.74 Å². The van der Waals surface area contributed by atoms with Gasteiger partial charge in [0.05, 0.1) is 17.5 Å². The second-order valence-electron chi connectivity index (χ2n) is 5.85. The van der Waals surface area contributed by atoms with Crippen molar-refractivity contribution in [1.82, 2.24) is 15.4 Å². The fourth-order valence-electron chi connectivity index (χ4n) is 2.51. The SMILES string of the molecule is CN=Cc1n[nH]nc1Cc1cccc(OCc2ccc(C(F)(F)F)cc2)c1. The van der Waals surface area contributed by atoms with Gasteiger partial charge in [-0.15, -0.1) is 0 Å². The molecule has 0 aliphatic heterocycles. The molecular formula is C19H17F3N4O. The standard InChI is InChI=1S/C19H17F3N4O/c1-23-11-18-17(24-26-25-18)10-14-3-2-4-16(9-14)27-12-13-5-7-15(8-6-13)19(20,21)22/h2-9,11H,10,12H2,1H3,(H,24,25,26). The van der Waals surface area contributed by atoms with E-state index in [4.69, 9.17) is 4.74 Å². The molecule has 0 bridgehead atoms. The second kappa shape index (κ2) is 8.03. The smallest absolute Gasteiger partial charge is 0.416 e. The number of aliphatic imine (C=N–C) groups is 1. The lowest BCUT2D eigenvalue weighted by Crippen LogP contribution is -2.05. The highest BCUT2D eigenvalue weighted by molar-refractivity contribution is 5.78. The van der Waals surface area contributed by atoms with Gasteiger partial charge in [-0.3, -0.25) is 4.99 Å². The first-order chi connectivity index (χ1) is 13.0. The van der Waals surface area contributed by atoms with Crippen molar-refractivity contribution in [1.29, 1.82) is 0 Å². The monoisotopic (exact) mass is 374 g/mol. The number of halogens is 3. The van der Waals surface area contributed by atoms with Crippen molar-refractivity contribution in [2.45, 2.75) is 19.2 Å². The Labute approximate surface area is 153 Å². The maximum absolute atomic E-state index is 12.6. The summed E-state index contributed by atoms with van der Waals surface area (Å²) >= 11 is 0. The number of alkyl halides is 3. The fraction of sp³-hybridized carbons (Fsp3) is 0.211. The first kappa shape index (κ1) is 18.6. The van der Waals surface area contributed by atoms with Crippen LogP contribution >= 0.6 is 0 Å². The summed E-state index contributed by atoms with van der Waals surface area (Å²) < 4.78 is 43.5. The summed E-state index contributed by atoms with van der Waals surface area (Å²) in [5.74, 6) is 0.626. The van der Waals surface area contributed by atoms with Crippen LogP contribution in [0.4, 0.5) is 13.2 Å². The third-order valence-corrected chi connectivity index (χ3v) is 3.86. The van der Waals surface area contributed by atoms with Crippen molar-refractivity contribution in [2.75, 3.05) is 7.05 Å². The molecule has 0 aliphatic carbocycles. The molecule has 27 heavy (non-hydrogen) atoms. The minimum Gasteiger partial charge on any atom is -0.489 e. The van der Waals surface area contributed by atoms with Crippen molar-refractivity contribution in [3.05, 3.63) is 76.6 Å². The number of benzene rings is 2. The number of H-pyrrole nitrogens is 1. The molecule has 0 aliphatic rings. The molecule has 140 valence electrons. The number of ether oxygens (including phenoxy) is 1. The van der Waals surface area contributed by atoms with Crippen LogP contribution in [0.25, 0.3) is 0 Å². The fourth-order valence-corrected chi connectivity index (χ4v) is 2.51. The number of aromatic amines is 1. The molecule has 0 saturated heterocycles. The average Bonchev–Trinajstić information content (AvgIpc) is 3.07. The lowest BCUT2D eigenvalue weighted by atomic mass is 10.1. The Morgan fingerprint density at radius 1 is 1.07 bits per heavy atom. The number of aromatic nitrogens is 3. The van der Waals surface area contributed by atoms with E-state index in [1.165, 1.54) is 12.1 Å². The molecule has 0 atom stereocenters. The molecule has 1 N–H and O–H groups in total. The van der Waals surface area contributed by atoms with Crippen molar-refractivity contribution in [3.63, 3.8) is 0 Å². The van der Waals surface area contributed by atoms with Gasteiger partial charge in [-0.1, -0.05) is 24.3 Å². The predicted octanol–water partition coefficient (Wildman–Crippen LogP) is 4.04. The second-order valence-corrected chi connectivity index (χ2v) is 5.85. The summed E-state index contributed by atoms with van der Waals surface area (Å²) in [6, 6.07) is 12.4. The van der Waals surface area contributed by atoms with E-state index in [1.807, 2.05) is 18.2 Å². The summed E-state index contributed by atoms with van der Waals surface area (Å²) in [5, 5.41) is 10.7. The van der Waals surface area contributed by atoms with E-state index in [0.717, 1.165) is 23.4 Å². The third kappa shape index (κ3) is 4.93. The van der Waals surface area contributed by atoms with Crippen molar-refractivity contribution < 1.29 is 17.9 Å². The molecule has 8 heteroatoms. The molecule has 1 aromatic heterocycles. The molecule has 0 saturated carbocycles. The predicted molar refractivity (Wildman–Crippen MR) is 94.9 cm³/mol. The average molecular weight is 374 g/mol. The molecule has 3 rings (SSSR count). The Morgan fingerprint density at radius 3 is 2.56 bits per heavy atom. The van der Waals surface area contributed by atoms with Gasteiger partial charge >= 0.3 is 6.18 Å². The van der Waals surface area contributed by atoms with Gasteiger partial charge in [-0.05, 0) is 35.4 Å². The van der Waals surface area contributed by atoms with Gasteiger partial charge in [0, 0.05) is 13.5 Å². The molecule has 0 unspecified atom stereocenters. The first-order valence-corrected chi connectivity index (χ1v) is 8.15. The highest BCUT2D eigenvalue weighted by Crippen LogP contribution is 2.29. The van der Waals surface area contributed by atoms with Gasteiger partial charge in [0.15, 0.2) is 0 Å². The largest absolute Gasteiger partial charge is 0.489 e. The van der Waals surface area contributed by atoms with Crippen LogP contribution in [0.15, 0.2) is 53.5 Å². The van der Waals surface area contributed by atoms with Crippen LogP contribution in [0.1, 0.15) is 28.1 Å². The highest BCUT2D eigenvalue weighted by Gasteiger charge is 2.29. The number of hydrogen-bond acceptors (Lipinski definition) is 4. The van der Waals surface area contributed by atoms with Crippen LogP contribution in [-0.2, 0) is 19.2 Å². The van der Waals surface area contributed by atoms with Gasteiger partial charge in [0.25, 0.3) is 0 Å². The van der Waals surface area contributed by atoms with Crippen LogP contribution < -0.4 is 4.74 Å². The Bertz CT molecular complexity index is 917. The van der Waals surface area contributed by atoms with E-state index in [2.05, 4.69) is 20.4 Å². The molecule has 0 fully saturated rings. The molecular weight excluding hydrogens is 357 g/mol. The molecule has 3 aromatic rings. The van der Waals surface area contributed by atoms with Crippen LogP contribution in [-0.4, -0.2) is 28.7 Å². The molecule has 0 amide bonds. The Balaban J connectivity index is 1.65. The number of nitrogens with one attached hydrogen (secondary N) is 1. The van der Waals surface area contributed by atoms with E-state index in [9.17, 15) is 13.2 Å². The van der Waals surface area contributed by atoms with Crippen LogP contribution in [0.2, 0.25) is 0 Å². The van der Waals surface area contributed by atoms with Crippen LogP contribution in [0.5, 0.6) is 5.75 Å². The first-order valence-electron chi connectivity index (χ1n) is 8.15. The molecule has 2 aromatic carbocycles. The van der Waals surface area contributed by atoms with Crippen LogP contribution in [0.3, 0.4) is 0 Å². The van der Waals surface area contributed by atoms with Gasteiger partial charge in [0.1, 0.15) is 18.1 Å². The maximum atomic E-state index is 12.6. The van der Waals surface area contributed by atoms with Gasteiger partial charge in [0.2, 0.25) is 0 Å². The lowest BCUT2D eigenvalue weighted by Gasteiger charge is -2.10. The summed E-state index contributed by atoms with van der Waals surface area (Å²) in [7, 11) is 1.66. The van der Waals surface area contributed by atoms with E-state index in [1.54, 1.807) is 19.3 Å². The minimum atomic E-state index is -4.34. The summed E-state index contributed by atoms with van der Waals surface area (Å²) in [6.45, 7) is 0.180. The molecule has 1 heterocycles. The zero-order valence-electron chi connectivity index (χ0n) is 14.5. The maximum Gasteiger partial charge on any atom is 0.416 e. The minimum absolute atomic E-state index is 0.180. The number of nitrogens with zero attached hydrogens (tertiary/aromatic N) is 3. The molecule has 0 spiro atoms. The topological polar surface area (TPSA) is 63.2 Å². The quantitative estimate of drug-likeness (QED) is 0.663. The van der Waals surface area contributed by atoms with E-state index in [0.29, 0.717) is 23.4 Å². The summed E-state index contributed by atoms with van der Waals surface area (Å²) in [6.07, 6.45) is -2.16. The van der Waals surface area contributed by atoms with E-state index < -0.39 is 11.7 Å². The normalized spacial score (nSPS) is 11.9. The van der Waals surface area contributed by atoms with E-state index in [-0.39, 0.29) is 6.61 Å². The van der Waals surface area contributed by atoms with Crippen molar-refractivity contribution >= 4 is 6.21 Å². The summed E-state index contributed by atoms with van der Waals surface area (Å²) in [5.41, 5.74) is 2.40. The Kier molecular flexibility index (Phi) is 5.54. The number of rotatable bonds is 6. The Morgan fingerprint density at radius 2 is 1.85 bits per heavy atom.